The number of benzene rings is 1. The van der Waals surface area contributed by atoms with E-state index in [4.69, 9.17) is 4.42 Å². The predicted octanol–water partition coefficient (Wildman–Crippen LogP) is 4.38. The maximum atomic E-state index is 12.7. The summed E-state index contributed by atoms with van der Waals surface area (Å²) in [4.78, 5) is 30.5. The second-order valence-electron chi connectivity index (χ2n) is 7.01. The molecule has 0 spiro atoms. The van der Waals surface area contributed by atoms with Gasteiger partial charge in [-0.25, -0.2) is 9.78 Å². The molecule has 7 heteroatoms. The average molecular weight is 386 g/mol. The average Bonchev–Trinajstić information content (AvgIpc) is 3.15. The molecule has 2 aromatic rings. The van der Waals surface area contributed by atoms with Crippen LogP contribution in [-0.4, -0.2) is 34.9 Å². The van der Waals surface area contributed by atoms with Gasteiger partial charge in [-0.05, 0) is 36.5 Å². The number of urea groups is 1. The summed E-state index contributed by atoms with van der Waals surface area (Å²) in [5.74, 6) is 0.504. The quantitative estimate of drug-likeness (QED) is 0.669. The molecule has 0 fully saturated rings. The van der Waals surface area contributed by atoms with Crippen LogP contribution in [0.2, 0.25) is 0 Å². The Bertz CT molecular complexity index is 768. The molecule has 0 saturated carbocycles. The SMILES string of the molecule is CCCNC(=O)c1coc(CN(CCC)C(=O)Nc2ccc(C(C)C)cc2)n1. The van der Waals surface area contributed by atoms with Gasteiger partial charge >= 0.3 is 6.03 Å². The molecule has 28 heavy (non-hydrogen) atoms. The van der Waals surface area contributed by atoms with Gasteiger partial charge in [-0.2, -0.15) is 0 Å². The molecule has 0 radical (unpaired) electrons. The van der Waals surface area contributed by atoms with E-state index >= 15 is 0 Å². The first-order valence-corrected chi connectivity index (χ1v) is 9.83. The normalized spacial score (nSPS) is 10.8. The summed E-state index contributed by atoms with van der Waals surface area (Å²) in [6, 6.07) is 7.60. The van der Waals surface area contributed by atoms with E-state index in [0.29, 0.717) is 24.9 Å². The minimum absolute atomic E-state index is 0.199. The number of carbonyl (C=O) groups excluding carboxylic acids is 2. The van der Waals surface area contributed by atoms with Crippen molar-refractivity contribution in [2.24, 2.45) is 0 Å². The van der Waals surface area contributed by atoms with Crippen LogP contribution >= 0.6 is 0 Å². The summed E-state index contributed by atoms with van der Waals surface area (Å²) >= 11 is 0. The van der Waals surface area contributed by atoms with Gasteiger partial charge < -0.3 is 20.0 Å². The van der Waals surface area contributed by atoms with Crippen molar-refractivity contribution in [1.29, 1.82) is 0 Å². The third-order valence-corrected chi connectivity index (χ3v) is 4.26. The van der Waals surface area contributed by atoms with Crippen molar-refractivity contribution in [2.45, 2.75) is 53.0 Å². The highest BCUT2D eigenvalue weighted by molar-refractivity contribution is 5.92. The van der Waals surface area contributed by atoms with E-state index in [1.165, 1.54) is 11.8 Å². The standard InChI is InChI=1S/C21H30N4O3/c1-5-11-22-20(26)18-14-28-19(24-18)13-25(12-6-2)21(27)23-17-9-7-16(8-10-17)15(3)4/h7-10,14-15H,5-6,11-13H2,1-4H3,(H,22,26)(H,23,27). The molecular formula is C21H30N4O3. The van der Waals surface area contributed by atoms with Gasteiger partial charge in [0.1, 0.15) is 6.26 Å². The van der Waals surface area contributed by atoms with Crippen LogP contribution in [0.1, 0.15) is 68.4 Å². The van der Waals surface area contributed by atoms with Gasteiger partial charge in [-0.3, -0.25) is 4.79 Å². The van der Waals surface area contributed by atoms with E-state index in [0.717, 1.165) is 18.5 Å². The molecule has 1 aromatic heterocycles. The van der Waals surface area contributed by atoms with Crippen LogP contribution in [0.4, 0.5) is 10.5 Å². The Morgan fingerprint density at radius 3 is 2.46 bits per heavy atom. The zero-order valence-corrected chi connectivity index (χ0v) is 17.1. The lowest BCUT2D eigenvalue weighted by atomic mass is 10.0. The summed E-state index contributed by atoms with van der Waals surface area (Å²) in [7, 11) is 0. The smallest absolute Gasteiger partial charge is 0.322 e. The van der Waals surface area contributed by atoms with E-state index in [9.17, 15) is 9.59 Å². The molecule has 1 aromatic carbocycles. The summed E-state index contributed by atoms with van der Waals surface area (Å²) in [5.41, 5.74) is 2.18. The Hall–Kier alpha value is -2.83. The van der Waals surface area contributed by atoms with Crippen LogP contribution < -0.4 is 10.6 Å². The van der Waals surface area contributed by atoms with Crippen LogP contribution in [-0.2, 0) is 6.54 Å². The summed E-state index contributed by atoms with van der Waals surface area (Å²) < 4.78 is 5.39. The van der Waals surface area contributed by atoms with Crippen molar-refractivity contribution in [1.82, 2.24) is 15.2 Å². The highest BCUT2D eigenvalue weighted by Gasteiger charge is 2.18. The molecule has 0 atom stereocenters. The Kier molecular flexibility index (Phi) is 8.04. The van der Waals surface area contributed by atoms with Crippen LogP contribution in [0.15, 0.2) is 34.9 Å². The van der Waals surface area contributed by atoms with Crippen molar-refractivity contribution in [3.8, 4) is 0 Å². The van der Waals surface area contributed by atoms with Crippen molar-refractivity contribution >= 4 is 17.6 Å². The zero-order chi connectivity index (χ0) is 20.5. The Morgan fingerprint density at radius 2 is 1.86 bits per heavy atom. The van der Waals surface area contributed by atoms with E-state index < -0.39 is 0 Å². The molecule has 7 nitrogen and oxygen atoms in total. The summed E-state index contributed by atoms with van der Waals surface area (Å²) in [6.07, 6.45) is 2.97. The van der Waals surface area contributed by atoms with Crippen molar-refractivity contribution < 1.29 is 14.0 Å². The molecule has 152 valence electrons. The number of anilines is 1. The van der Waals surface area contributed by atoms with Crippen LogP contribution in [0.5, 0.6) is 0 Å². The van der Waals surface area contributed by atoms with Gasteiger partial charge in [-0.15, -0.1) is 0 Å². The lowest BCUT2D eigenvalue weighted by Crippen LogP contribution is -2.35. The van der Waals surface area contributed by atoms with Gasteiger partial charge in [0.25, 0.3) is 5.91 Å². The Labute approximate surface area is 166 Å². The van der Waals surface area contributed by atoms with Crippen LogP contribution in [0.3, 0.4) is 0 Å². The first-order chi connectivity index (χ1) is 13.4. The third kappa shape index (κ3) is 6.11. The number of carbonyl (C=O) groups is 2. The van der Waals surface area contributed by atoms with E-state index in [1.54, 1.807) is 4.90 Å². The van der Waals surface area contributed by atoms with Crippen molar-refractivity contribution in [2.75, 3.05) is 18.4 Å². The largest absolute Gasteiger partial charge is 0.446 e. The number of nitrogens with zero attached hydrogens (tertiary/aromatic N) is 2. The van der Waals surface area contributed by atoms with Gasteiger partial charge in [0.15, 0.2) is 5.69 Å². The molecule has 0 aliphatic rings. The number of hydrogen-bond donors (Lipinski definition) is 2. The fourth-order valence-corrected chi connectivity index (χ4v) is 2.66. The Balaban J connectivity index is 2.01. The summed E-state index contributed by atoms with van der Waals surface area (Å²) in [6.45, 7) is 9.57. The van der Waals surface area contributed by atoms with Gasteiger partial charge in [0, 0.05) is 18.8 Å². The number of aromatic nitrogens is 1. The molecule has 1 heterocycles. The minimum Gasteiger partial charge on any atom is -0.446 e. The van der Waals surface area contributed by atoms with Crippen LogP contribution in [0.25, 0.3) is 0 Å². The first-order valence-electron chi connectivity index (χ1n) is 9.83. The monoisotopic (exact) mass is 386 g/mol. The molecule has 0 saturated heterocycles. The van der Waals surface area contributed by atoms with Gasteiger partial charge in [0.2, 0.25) is 5.89 Å². The van der Waals surface area contributed by atoms with E-state index in [2.05, 4.69) is 29.5 Å². The fraction of sp³-hybridized carbons (Fsp3) is 0.476. The molecule has 3 amide bonds. The molecule has 0 aliphatic carbocycles. The van der Waals surface area contributed by atoms with Crippen molar-refractivity contribution in [3.63, 3.8) is 0 Å². The first kappa shape index (κ1) is 21.5. The zero-order valence-electron chi connectivity index (χ0n) is 17.1. The lowest BCUT2D eigenvalue weighted by molar-refractivity contribution is 0.0948. The second kappa shape index (κ2) is 10.5. The molecule has 0 aliphatic heterocycles. The maximum Gasteiger partial charge on any atom is 0.322 e. The number of amides is 3. The highest BCUT2D eigenvalue weighted by Crippen LogP contribution is 2.18. The topological polar surface area (TPSA) is 87.5 Å². The fourth-order valence-electron chi connectivity index (χ4n) is 2.66. The molecule has 2 N–H and O–H groups in total. The molecular weight excluding hydrogens is 356 g/mol. The highest BCUT2D eigenvalue weighted by atomic mass is 16.3. The maximum absolute atomic E-state index is 12.7. The minimum atomic E-state index is -0.270. The van der Waals surface area contributed by atoms with Crippen molar-refractivity contribution in [3.05, 3.63) is 47.7 Å². The Morgan fingerprint density at radius 1 is 1.14 bits per heavy atom. The van der Waals surface area contributed by atoms with Gasteiger partial charge in [-0.1, -0.05) is 39.8 Å². The number of oxazole rings is 1. The molecule has 2 rings (SSSR count). The van der Waals surface area contributed by atoms with E-state index in [-0.39, 0.29) is 24.2 Å². The number of nitrogens with one attached hydrogen (secondary N) is 2. The van der Waals surface area contributed by atoms with Crippen LogP contribution in [0, 0.1) is 0 Å². The predicted molar refractivity (Wildman–Crippen MR) is 109 cm³/mol. The third-order valence-electron chi connectivity index (χ3n) is 4.26. The molecule has 0 bridgehead atoms. The molecule has 0 unspecified atom stereocenters. The number of rotatable bonds is 9. The summed E-state index contributed by atoms with van der Waals surface area (Å²) in [5, 5.41) is 5.66. The van der Waals surface area contributed by atoms with E-state index in [1.807, 2.05) is 38.1 Å². The lowest BCUT2D eigenvalue weighted by Gasteiger charge is -2.21. The second-order valence-corrected chi connectivity index (χ2v) is 7.01. The number of hydrogen-bond acceptors (Lipinski definition) is 4. The van der Waals surface area contributed by atoms with Gasteiger partial charge in [0.05, 0.1) is 6.54 Å².